The summed E-state index contributed by atoms with van der Waals surface area (Å²) in [6.45, 7) is 1.32. The standard InChI is InChI=1S/C15H12Cl3N3/c16-11-3-9(4-12(17)5-11)7-19-13-2-1-10-8-20-21-15(18)14(10)6-13/h1-6,19-20H,7-8H2. The van der Waals surface area contributed by atoms with Crippen LogP contribution in [0.3, 0.4) is 0 Å². The van der Waals surface area contributed by atoms with Gasteiger partial charge < -0.3 is 10.7 Å². The summed E-state index contributed by atoms with van der Waals surface area (Å²) >= 11 is 18.1. The van der Waals surface area contributed by atoms with Gasteiger partial charge >= 0.3 is 0 Å². The number of hydrogen-bond donors (Lipinski definition) is 2. The first-order chi connectivity index (χ1) is 10.1. The molecule has 0 saturated heterocycles. The van der Waals surface area contributed by atoms with E-state index in [1.54, 1.807) is 6.07 Å². The fraction of sp³-hybridized carbons (Fsp3) is 0.133. The molecule has 0 unspecified atom stereocenters. The van der Waals surface area contributed by atoms with Gasteiger partial charge in [0.2, 0.25) is 0 Å². The van der Waals surface area contributed by atoms with Crippen LogP contribution in [0, 0.1) is 0 Å². The second kappa shape index (κ2) is 6.14. The van der Waals surface area contributed by atoms with Gasteiger partial charge in [-0.2, -0.15) is 5.10 Å². The highest BCUT2D eigenvalue weighted by molar-refractivity contribution is 6.69. The molecule has 0 radical (unpaired) electrons. The van der Waals surface area contributed by atoms with E-state index in [2.05, 4.69) is 15.8 Å². The fourth-order valence-electron chi connectivity index (χ4n) is 2.20. The van der Waals surface area contributed by atoms with Crippen molar-refractivity contribution in [2.45, 2.75) is 13.1 Å². The first-order valence-electron chi connectivity index (χ1n) is 6.40. The number of benzene rings is 2. The summed E-state index contributed by atoms with van der Waals surface area (Å²) in [4.78, 5) is 0. The first kappa shape index (κ1) is 14.5. The Bertz CT molecular complexity index is 693. The summed E-state index contributed by atoms with van der Waals surface area (Å²) in [5.74, 6) is 0. The molecule has 1 aliphatic heterocycles. The Kier molecular flexibility index (Phi) is 4.24. The van der Waals surface area contributed by atoms with E-state index in [0.29, 0.717) is 28.3 Å². The molecule has 3 nitrogen and oxygen atoms in total. The Morgan fingerprint density at radius 2 is 1.81 bits per heavy atom. The molecule has 6 heteroatoms. The van der Waals surface area contributed by atoms with Gasteiger partial charge in [-0.05, 0) is 41.5 Å². The zero-order valence-corrected chi connectivity index (χ0v) is 13.2. The Morgan fingerprint density at radius 1 is 1.05 bits per heavy atom. The lowest BCUT2D eigenvalue weighted by molar-refractivity contribution is 0.733. The first-order valence-corrected chi connectivity index (χ1v) is 7.53. The molecule has 0 fully saturated rings. The maximum Gasteiger partial charge on any atom is 0.156 e. The molecular weight excluding hydrogens is 329 g/mol. The molecule has 0 aliphatic carbocycles. The van der Waals surface area contributed by atoms with Crippen LogP contribution >= 0.6 is 34.8 Å². The van der Waals surface area contributed by atoms with E-state index < -0.39 is 0 Å². The number of nitrogens with zero attached hydrogens (tertiary/aromatic N) is 1. The van der Waals surface area contributed by atoms with E-state index in [9.17, 15) is 0 Å². The minimum atomic E-state index is 0.478. The minimum absolute atomic E-state index is 0.478. The minimum Gasteiger partial charge on any atom is -0.381 e. The highest BCUT2D eigenvalue weighted by atomic mass is 35.5. The molecule has 2 N–H and O–H groups in total. The van der Waals surface area contributed by atoms with Crippen LogP contribution in [-0.2, 0) is 13.1 Å². The molecule has 0 spiro atoms. The maximum absolute atomic E-state index is 6.10. The highest BCUT2D eigenvalue weighted by Crippen LogP contribution is 2.23. The zero-order chi connectivity index (χ0) is 14.8. The van der Waals surface area contributed by atoms with Crippen molar-refractivity contribution in [1.29, 1.82) is 0 Å². The molecule has 0 aromatic heterocycles. The molecule has 1 aliphatic rings. The van der Waals surface area contributed by atoms with E-state index in [0.717, 1.165) is 22.4 Å². The van der Waals surface area contributed by atoms with Gasteiger partial charge in [-0.1, -0.05) is 40.9 Å². The number of hydrazone groups is 1. The normalized spacial score (nSPS) is 13.2. The quantitative estimate of drug-likeness (QED) is 0.856. The van der Waals surface area contributed by atoms with Crippen molar-refractivity contribution in [2.75, 3.05) is 5.32 Å². The Balaban J connectivity index is 1.77. The predicted molar refractivity (Wildman–Crippen MR) is 89.5 cm³/mol. The van der Waals surface area contributed by atoms with Crippen LogP contribution in [0.4, 0.5) is 5.69 Å². The molecule has 1 heterocycles. The van der Waals surface area contributed by atoms with Gasteiger partial charge in [0.1, 0.15) is 0 Å². The van der Waals surface area contributed by atoms with Crippen LogP contribution in [0.2, 0.25) is 10.0 Å². The third-order valence-electron chi connectivity index (χ3n) is 3.20. The van der Waals surface area contributed by atoms with Crippen molar-refractivity contribution >= 4 is 45.7 Å². The van der Waals surface area contributed by atoms with E-state index >= 15 is 0 Å². The van der Waals surface area contributed by atoms with E-state index in [1.807, 2.05) is 30.3 Å². The van der Waals surface area contributed by atoms with Gasteiger partial charge in [0.25, 0.3) is 0 Å². The van der Waals surface area contributed by atoms with E-state index in [4.69, 9.17) is 34.8 Å². The lowest BCUT2D eigenvalue weighted by Crippen LogP contribution is -2.17. The van der Waals surface area contributed by atoms with Crippen molar-refractivity contribution in [3.05, 3.63) is 63.1 Å². The Hall–Kier alpha value is -1.42. The SMILES string of the molecule is ClC1=NNCc2ccc(NCc3cc(Cl)cc(Cl)c3)cc21. The maximum atomic E-state index is 6.10. The number of fused-ring (bicyclic) bond motifs is 1. The number of nitrogens with one attached hydrogen (secondary N) is 2. The highest BCUT2D eigenvalue weighted by Gasteiger charge is 2.12. The zero-order valence-electron chi connectivity index (χ0n) is 11.0. The topological polar surface area (TPSA) is 36.4 Å². The second-order valence-corrected chi connectivity index (χ2v) is 5.97. The van der Waals surface area contributed by atoms with E-state index in [1.165, 1.54) is 0 Å². The molecule has 3 rings (SSSR count). The van der Waals surface area contributed by atoms with Crippen molar-refractivity contribution in [3.63, 3.8) is 0 Å². The van der Waals surface area contributed by atoms with E-state index in [-0.39, 0.29) is 0 Å². The lowest BCUT2D eigenvalue weighted by Gasteiger charge is -2.16. The largest absolute Gasteiger partial charge is 0.381 e. The summed E-state index contributed by atoms with van der Waals surface area (Å²) < 4.78 is 0. The molecule has 108 valence electrons. The van der Waals surface area contributed by atoms with Gasteiger partial charge in [-0.3, -0.25) is 0 Å². The molecule has 0 atom stereocenters. The summed E-state index contributed by atoms with van der Waals surface area (Å²) in [7, 11) is 0. The number of halogens is 3. The third kappa shape index (κ3) is 3.43. The van der Waals surface area contributed by atoms with Crippen LogP contribution in [0.15, 0.2) is 41.5 Å². The molecule has 0 amide bonds. The molecular formula is C15H12Cl3N3. The molecule has 0 bridgehead atoms. The van der Waals surface area contributed by atoms with Gasteiger partial charge in [0.05, 0.1) is 6.54 Å². The second-order valence-electron chi connectivity index (χ2n) is 4.74. The van der Waals surface area contributed by atoms with Crippen molar-refractivity contribution in [2.24, 2.45) is 5.10 Å². The van der Waals surface area contributed by atoms with Crippen LogP contribution in [0.1, 0.15) is 16.7 Å². The van der Waals surface area contributed by atoms with Gasteiger partial charge in [-0.25, -0.2) is 0 Å². The third-order valence-corrected chi connectivity index (χ3v) is 3.92. The number of anilines is 1. The number of hydrogen-bond acceptors (Lipinski definition) is 3. The molecule has 0 saturated carbocycles. The lowest BCUT2D eigenvalue weighted by atomic mass is 10.1. The average Bonchev–Trinajstić information content (AvgIpc) is 2.45. The molecule has 21 heavy (non-hydrogen) atoms. The summed E-state index contributed by atoms with van der Waals surface area (Å²) in [5.41, 5.74) is 6.96. The summed E-state index contributed by atoms with van der Waals surface area (Å²) in [6.07, 6.45) is 0. The Morgan fingerprint density at radius 3 is 2.57 bits per heavy atom. The average molecular weight is 341 g/mol. The fourth-order valence-corrected chi connectivity index (χ4v) is 3.01. The van der Waals surface area contributed by atoms with Crippen LogP contribution in [0.25, 0.3) is 0 Å². The monoisotopic (exact) mass is 339 g/mol. The predicted octanol–water partition coefficient (Wildman–Crippen LogP) is 4.61. The van der Waals surface area contributed by atoms with Crippen LogP contribution in [-0.4, -0.2) is 5.17 Å². The molecule has 2 aromatic carbocycles. The van der Waals surface area contributed by atoms with Gasteiger partial charge in [0.15, 0.2) is 5.17 Å². The van der Waals surface area contributed by atoms with Gasteiger partial charge in [-0.15, -0.1) is 0 Å². The van der Waals surface area contributed by atoms with Crippen molar-refractivity contribution < 1.29 is 0 Å². The van der Waals surface area contributed by atoms with Gasteiger partial charge in [0, 0.05) is 27.8 Å². The Labute approximate surface area is 137 Å². The van der Waals surface area contributed by atoms with Crippen LogP contribution in [0.5, 0.6) is 0 Å². The molecule has 2 aromatic rings. The number of rotatable bonds is 3. The summed E-state index contributed by atoms with van der Waals surface area (Å²) in [5, 5.41) is 9.10. The van der Waals surface area contributed by atoms with Crippen molar-refractivity contribution in [3.8, 4) is 0 Å². The summed E-state index contributed by atoms with van der Waals surface area (Å²) in [6, 6.07) is 11.5. The smallest absolute Gasteiger partial charge is 0.156 e. The van der Waals surface area contributed by atoms with Crippen molar-refractivity contribution in [1.82, 2.24) is 5.43 Å². The van der Waals surface area contributed by atoms with Crippen LogP contribution < -0.4 is 10.7 Å².